The maximum Gasteiger partial charge on any atom is 0.229 e. The van der Waals surface area contributed by atoms with Crippen molar-refractivity contribution < 1.29 is 9.59 Å². The molecule has 1 atom stereocenters. The van der Waals surface area contributed by atoms with E-state index in [1.165, 1.54) is 0 Å². The van der Waals surface area contributed by atoms with Crippen LogP contribution >= 0.6 is 12.4 Å². The van der Waals surface area contributed by atoms with Crippen LogP contribution in [0.15, 0.2) is 18.2 Å². The molecule has 5 nitrogen and oxygen atoms in total. The normalized spacial score (nSPS) is 15.7. The molecule has 1 unspecified atom stereocenters. The number of hydrogen-bond donors (Lipinski definition) is 3. The molecule has 1 heterocycles. The van der Waals surface area contributed by atoms with Crippen molar-refractivity contribution in [2.45, 2.75) is 34.6 Å². The van der Waals surface area contributed by atoms with Gasteiger partial charge in [-0.2, -0.15) is 0 Å². The average molecular weight is 354 g/mol. The average Bonchev–Trinajstić information content (AvgIpc) is 2.39. The van der Waals surface area contributed by atoms with Gasteiger partial charge in [0.25, 0.3) is 0 Å². The van der Waals surface area contributed by atoms with Crippen LogP contribution in [-0.2, 0) is 9.59 Å². The first-order valence-corrected chi connectivity index (χ1v) is 8.12. The van der Waals surface area contributed by atoms with Crippen molar-refractivity contribution in [1.29, 1.82) is 0 Å². The van der Waals surface area contributed by atoms with Crippen molar-refractivity contribution >= 4 is 35.6 Å². The standard InChI is InChI=1S/C18H27N3O2.ClH/c1-11-6-7-14(8-15(11)21-17(23)18(3,4)5)20-16(22)12(2)13-9-19-10-13;/h6-8,12-13,19H,9-10H2,1-5H3,(H,20,22)(H,21,23);1H. The smallest absolute Gasteiger partial charge is 0.229 e. The van der Waals surface area contributed by atoms with Crippen molar-refractivity contribution in [2.75, 3.05) is 23.7 Å². The Labute approximate surface area is 150 Å². The third-order valence-electron chi connectivity index (χ3n) is 4.37. The van der Waals surface area contributed by atoms with Gasteiger partial charge in [-0.15, -0.1) is 12.4 Å². The number of amides is 2. The predicted molar refractivity (Wildman–Crippen MR) is 101 cm³/mol. The van der Waals surface area contributed by atoms with E-state index in [-0.39, 0.29) is 30.1 Å². The number of carbonyl (C=O) groups is 2. The molecule has 6 heteroatoms. The Hall–Kier alpha value is -1.59. The minimum Gasteiger partial charge on any atom is -0.326 e. The molecule has 0 radical (unpaired) electrons. The fourth-order valence-electron chi connectivity index (χ4n) is 2.28. The number of carbonyl (C=O) groups excluding carboxylic acids is 2. The van der Waals surface area contributed by atoms with Gasteiger partial charge in [-0.25, -0.2) is 0 Å². The van der Waals surface area contributed by atoms with E-state index in [0.717, 1.165) is 24.3 Å². The summed E-state index contributed by atoms with van der Waals surface area (Å²) in [6.45, 7) is 11.3. The molecule has 134 valence electrons. The summed E-state index contributed by atoms with van der Waals surface area (Å²) < 4.78 is 0. The molecule has 0 saturated carbocycles. The van der Waals surface area contributed by atoms with E-state index in [1.54, 1.807) is 0 Å². The summed E-state index contributed by atoms with van der Waals surface area (Å²) in [6.07, 6.45) is 0. The highest BCUT2D eigenvalue weighted by Crippen LogP contribution is 2.25. The second kappa shape index (κ2) is 7.99. The van der Waals surface area contributed by atoms with Crippen molar-refractivity contribution in [3.8, 4) is 0 Å². The van der Waals surface area contributed by atoms with Gasteiger partial charge in [0.05, 0.1) is 0 Å². The van der Waals surface area contributed by atoms with Gasteiger partial charge >= 0.3 is 0 Å². The lowest BCUT2D eigenvalue weighted by molar-refractivity contribution is -0.123. The molecule has 3 N–H and O–H groups in total. The zero-order valence-electron chi connectivity index (χ0n) is 15.0. The fraction of sp³-hybridized carbons (Fsp3) is 0.556. The summed E-state index contributed by atoms with van der Waals surface area (Å²) in [5, 5.41) is 9.08. The number of benzene rings is 1. The number of hydrogen-bond acceptors (Lipinski definition) is 3. The van der Waals surface area contributed by atoms with Crippen LogP contribution in [0.3, 0.4) is 0 Å². The number of nitrogens with one attached hydrogen (secondary N) is 3. The second-order valence-corrected chi connectivity index (χ2v) is 7.43. The van der Waals surface area contributed by atoms with Gasteiger partial charge in [0.15, 0.2) is 0 Å². The zero-order valence-corrected chi connectivity index (χ0v) is 15.8. The molecular formula is C18H28ClN3O2. The first-order chi connectivity index (χ1) is 10.7. The molecule has 24 heavy (non-hydrogen) atoms. The van der Waals surface area contributed by atoms with Crippen LogP contribution in [0.4, 0.5) is 11.4 Å². The SMILES string of the molecule is Cc1ccc(NC(=O)C(C)C2CNC2)cc1NC(=O)C(C)(C)C.Cl. The molecule has 1 aromatic carbocycles. The first kappa shape index (κ1) is 20.5. The molecule has 1 aromatic rings. The van der Waals surface area contributed by atoms with E-state index in [4.69, 9.17) is 0 Å². The van der Waals surface area contributed by atoms with Gasteiger partial charge in [0, 0.05) is 22.7 Å². The molecule has 1 aliphatic rings. The largest absolute Gasteiger partial charge is 0.326 e. The van der Waals surface area contributed by atoms with Crippen molar-refractivity contribution in [3.05, 3.63) is 23.8 Å². The van der Waals surface area contributed by atoms with E-state index in [9.17, 15) is 9.59 Å². The van der Waals surface area contributed by atoms with Crippen LogP contribution in [0.25, 0.3) is 0 Å². The highest BCUT2D eigenvalue weighted by atomic mass is 35.5. The molecule has 0 spiro atoms. The molecular weight excluding hydrogens is 326 g/mol. The number of anilines is 2. The van der Waals surface area contributed by atoms with Gasteiger partial charge in [0.2, 0.25) is 11.8 Å². The Bertz CT molecular complexity index is 607. The van der Waals surface area contributed by atoms with Gasteiger partial charge < -0.3 is 16.0 Å². The zero-order chi connectivity index (χ0) is 17.2. The van der Waals surface area contributed by atoms with Gasteiger partial charge in [-0.05, 0) is 43.6 Å². The predicted octanol–water partition coefficient (Wildman–Crippen LogP) is 3.20. The van der Waals surface area contributed by atoms with E-state index >= 15 is 0 Å². The second-order valence-electron chi connectivity index (χ2n) is 7.43. The quantitative estimate of drug-likeness (QED) is 0.778. The van der Waals surface area contributed by atoms with E-state index in [2.05, 4.69) is 16.0 Å². The molecule has 0 bridgehead atoms. The summed E-state index contributed by atoms with van der Waals surface area (Å²) in [7, 11) is 0. The third-order valence-corrected chi connectivity index (χ3v) is 4.37. The maximum atomic E-state index is 12.3. The van der Waals surface area contributed by atoms with Crippen molar-refractivity contribution in [3.63, 3.8) is 0 Å². The summed E-state index contributed by atoms with van der Waals surface area (Å²) in [4.78, 5) is 24.5. The lowest BCUT2D eigenvalue weighted by Crippen LogP contribution is -2.48. The Morgan fingerprint density at radius 2 is 1.83 bits per heavy atom. The molecule has 1 aliphatic heterocycles. The van der Waals surface area contributed by atoms with Crippen molar-refractivity contribution in [2.24, 2.45) is 17.3 Å². The fourth-order valence-corrected chi connectivity index (χ4v) is 2.28. The third kappa shape index (κ3) is 4.95. The highest BCUT2D eigenvalue weighted by molar-refractivity contribution is 5.97. The summed E-state index contributed by atoms with van der Waals surface area (Å²) in [5.74, 6) is 0.358. The van der Waals surface area contributed by atoms with Crippen LogP contribution in [-0.4, -0.2) is 24.9 Å². The summed E-state index contributed by atoms with van der Waals surface area (Å²) >= 11 is 0. The minimum atomic E-state index is -0.461. The Balaban J connectivity index is 0.00000288. The summed E-state index contributed by atoms with van der Waals surface area (Å²) in [6, 6.07) is 5.60. The van der Waals surface area contributed by atoms with Gasteiger partial charge in [-0.3, -0.25) is 9.59 Å². The molecule has 1 fully saturated rings. The first-order valence-electron chi connectivity index (χ1n) is 8.12. The minimum absolute atomic E-state index is 0. The van der Waals surface area contributed by atoms with Crippen molar-refractivity contribution in [1.82, 2.24) is 5.32 Å². The molecule has 1 saturated heterocycles. The molecule has 0 aromatic heterocycles. The van der Waals surface area contributed by atoms with E-state index < -0.39 is 5.41 Å². The van der Waals surface area contributed by atoms with E-state index in [0.29, 0.717) is 11.6 Å². The van der Waals surface area contributed by atoms with Crippen LogP contribution in [0, 0.1) is 24.2 Å². The topological polar surface area (TPSA) is 70.2 Å². The lowest BCUT2D eigenvalue weighted by atomic mass is 9.88. The van der Waals surface area contributed by atoms with Crippen LogP contribution in [0.5, 0.6) is 0 Å². The van der Waals surface area contributed by atoms with Crippen LogP contribution in [0.2, 0.25) is 0 Å². The van der Waals surface area contributed by atoms with E-state index in [1.807, 2.05) is 52.8 Å². The van der Waals surface area contributed by atoms with Crippen LogP contribution < -0.4 is 16.0 Å². The monoisotopic (exact) mass is 353 g/mol. The number of rotatable bonds is 4. The van der Waals surface area contributed by atoms with Gasteiger partial charge in [-0.1, -0.05) is 33.8 Å². The Morgan fingerprint density at radius 1 is 1.21 bits per heavy atom. The Kier molecular flexibility index (Phi) is 6.81. The highest BCUT2D eigenvalue weighted by Gasteiger charge is 2.28. The molecule has 2 rings (SSSR count). The summed E-state index contributed by atoms with van der Waals surface area (Å²) in [5.41, 5.74) is 1.96. The number of aryl methyl sites for hydroxylation is 1. The number of halogens is 1. The maximum absolute atomic E-state index is 12.3. The Morgan fingerprint density at radius 3 is 2.33 bits per heavy atom. The molecule has 2 amide bonds. The molecule has 0 aliphatic carbocycles. The lowest BCUT2D eigenvalue weighted by Gasteiger charge is -2.31. The van der Waals surface area contributed by atoms with Gasteiger partial charge in [0.1, 0.15) is 0 Å². The van der Waals surface area contributed by atoms with Crippen LogP contribution in [0.1, 0.15) is 33.3 Å².